The average molecular weight is 258 g/mol. The van der Waals surface area contributed by atoms with Crippen molar-refractivity contribution < 1.29 is 4.74 Å². The third kappa shape index (κ3) is 1.89. The summed E-state index contributed by atoms with van der Waals surface area (Å²) in [4.78, 5) is 0. The Hall–Kier alpha value is -0.980. The Labute approximate surface area is 117 Å². The first-order valence-electron chi connectivity index (χ1n) is 7.65. The molecule has 0 aliphatic heterocycles. The number of methoxy groups -OCH3 is 1. The van der Waals surface area contributed by atoms with Crippen molar-refractivity contribution in [3.8, 4) is 5.75 Å². The molecule has 19 heavy (non-hydrogen) atoms. The molecule has 0 radical (unpaired) electrons. The Morgan fingerprint density at radius 2 is 1.95 bits per heavy atom. The van der Waals surface area contributed by atoms with E-state index in [2.05, 4.69) is 39.0 Å². The number of hydrogen-bond acceptors (Lipinski definition) is 1. The third-order valence-electron chi connectivity index (χ3n) is 5.86. The van der Waals surface area contributed by atoms with Crippen molar-refractivity contribution in [3.63, 3.8) is 0 Å². The minimum Gasteiger partial charge on any atom is -0.497 e. The molecule has 104 valence electrons. The summed E-state index contributed by atoms with van der Waals surface area (Å²) in [5.41, 5.74) is 3.95. The predicted molar refractivity (Wildman–Crippen MR) is 79.8 cm³/mol. The quantitative estimate of drug-likeness (QED) is 0.708. The Balaban J connectivity index is 2.11. The van der Waals surface area contributed by atoms with Crippen molar-refractivity contribution in [3.05, 3.63) is 29.3 Å². The van der Waals surface area contributed by atoms with Gasteiger partial charge < -0.3 is 4.74 Å². The number of aryl methyl sites for hydroxylation is 1. The highest BCUT2D eigenvalue weighted by Gasteiger charge is 2.49. The fourth-order valence-corrected chi connectivity index (χ4v) is 4.89. The molecule has 3 rings (SSSR count). The maximum atomic E-state index is 5.46. The van der Waals surface area contributed by atoms with Crippen molar-refractivity contribution in [1.82, 2.24) is 0 Å². The van der Waals surface area contributed by atoms with Crippen LogP contribution in [0.3, 0.4) is 0 Å². The minimum atomic E-state index is 0.351. The Bertz CT molecular complexity index is 488. The number of benzene rings is 1. The lowest BCUT2D eigenvalue weighted by Gasteiger charge is -2.54. The van der Waals surface area contributed by atoms with Gasteiger partial charge in [0.25, 0.3) is 0 Å². The number of rotatable bonds is 1. The average Bonchev–Trinajstić information content (AvgIpc) is 2.37. The van der Waals surface area contributed by atoms with Crippen molar-refractivity contribution in [2.45, 2.75) is 58.3 Å². The van der Waals surface area contributed by atoms with E-state index in [1.165, 1.54) is 32.1 Å². The highest BCUT2D eigenvalue weighted by Crippen LogP contribution is 2.57. The summed E-state index contributed by atoms with van der Waals surface area (Å²) in [5.74, 6) is 1.83. The lowest BCUT2D eigenvalue weighted by molar-refractivity contribution is 0.0406. The normalized spacial score (nSPS) is 32.3. The number of hydrogen-bond donors (Lipinski definition) is 0. The van der Waals surface area contributed by atoms with E-state index >= 15 is 0 Å². The van der Waals surface area contributed by atoms with Crippen LogP contribution in [0.2, 0.25) is 0 Å². The lowest BCUT2D eigenvalue weighted by Crippen LogP contribution is -2.47. The molecule has 1 heteroatoms. The van der Waals surface area contributed by atoms with Gasteiger partial charge in [-0.2, -0.15) is 0 Å². The molecule has 0 aromatic heterocycles. The van der Waals surface area contributed by atoms with Gasteiger partial charge in [0.2, 0.25) is 0 Å². The van der Waals surface area contributed by atoms with E-state index in [0.29, 0.717) is 10.8 Å². The molecular weight excluding hydrogens is 232 g/mol. The molecule has 0 amide bonds. The second kappa shape index (κ2) is 4.26. The fourth-order valence-electron chi connectivity index (χ4n) is 4.89. The van der Waals surface area contributed by atoms with E-state index < -0.39 is 0 Å². The summed E-state index contributed by atoms with van der Waals surface area (Å²) in [7, 11) is 1.77. The van der Waals surface area contributed by atoms with Gasteiger partial charge in [-0.3, -0.25) is 0 Å². The van der Waals surface area contributed by atoms with E-state index in [4.69, 9.17) is 4.74 Å². The molecule has 2 atom stereocenters. The molecule has 0 saturated heterocycles. The maximum Gasteiger partial charge on any atom is 0.119 e. The van der Waals surface area contributed by atoms with Gasteiger partial charge in [0.1, 0.15) is 5.75 Å². The van der Waals surface area contributed by atoms with E-state index in [9.17, 15) is 0 Å². The van der Waals surface area contributed by atoms with Crippen LogP contribution < -0.4 is 4.74 Å². The van der Waals surface area contributed by atoms with E-state index in [-0.39, 0.29) is 0 Å². The topological polar surface area (TPSA) is 9.23 Å². The van der Waals surface area contributed by atoms with Gasteiger partial charge in [0, 0.05) is 0 Å². The van der Waals surface area contributed by atoms with Crippen LogP contribution in [-0.2, 0) is 11.8 Å². The van der Waals surface area contributed by atoms with Crippen molar-refractivity contribution in [2.75, 3.05) is 7.11 Å². The van der Waals surface area contributed by atoms with Crippen LogP contribution in [0.5, 0.6) is 5.75 Å². The molecule has 1 fully saturated rings. The van der Waals surface area contributed by atoms with Crippen molar-refractivity contribution >= 4 is 0 Å². The Morgan fingerprint density at radius 1 is 1.16 bits per heavy atom. The number of fused-ring (bicyclic) bond motifs is 3. The van der Waals surface area contributed by atoms with Crippen LogP contribution in [0, 0.1) is 11.3 Å². The molecule has 0 unspecified atom stereocenters. The molecule has 1 saturated carbocycles. The largest absolute Gasteiger partial charge is 0.497 e. The molecule has 2 aliphatic rings. The smallest absolute Gasteiger partial charge is 0.119 e. The fraction of sp³-hybridized carbons (Fsp3) is 0.667. The van der Waals surface area contributed by atoms with Gasteiger partial charge >= 0.3 is 0 Å². The molecule has 0 bridgehead atoms. The molecule has 0 N–H and O–H groups in total. The van der Waals surface area contributed by atoms with E-state index in [0.717, 1.165) is 11.7 Å². The molecule has 1 aromatic carbocycles. The zero-order chi connectivity index (χ0) is 13.7. The zero-order valence-corrected chi connectivity index (χ0v) is 12.8. The predicted octanol–water partition coefficient (Wildman–Crippen LogP) is 4.73. The van der Waals surface area contributed by atoms with Gasteiger partial charge in [-0.25, -0.2) is 0 Å². The Kier molecular flexibility index (Phi) is 2.92. The molecule has 1 nitrogen and oxygen atoms in total. The molecular formula is C18H26O. The molecule has 2 aliphatic carbocycles. The first-order chi connectivity index (χ1) is 8.97. The van der Waals surface area contributed by atoms with Gasteiger partial charge in [0.15, 0.2) is 0 Å². The summed E-state index contributed by atoms with van der Waals surface area (Å²) in [6, 6.07) is 6.72. The molecule has 0 spiro atoms. The van der Waals surface area contributed by atoms with Crippen LogP contribution in [0.15, 0.2) is 18.2 Å². The minimum absolute atomic E-state index is 0.351. The number of ether oxygens (including phenoxy) is 1. The SMILES string of the molecule is COc1ccc2c(c1)[C@]1(C)CCCC(C)(C)[C@H]1CC2. The zero-order valence-electron chi connectivity index (χ0n) is 12.8. The Morgan fingerprint density at radius 3 is 2.68 bits per heavy atom. The highest BCUT2D eigenvalue weighted by molar-refractivity contribution is 5.43. The summed E-state index contributed by atoms with van der Waals surface area (Å²) in [6.45, 7) is 7.44. The van der Waals surface area contributed by atoms with Crippen LogP contribution in [0.4, 0.5) is 0 Å². The highest BCUT2D eigenvalue weighted by atomic mass is 16.5. The van der Waals surface area contributed by atoms with E-state index in [1.807, 2.05) is 0 Å². The van der Waals surface area contributed by atoms with Crippen LogP contribution in [0.25, 0.3) is 0 Å². The van der Waals surface area contributed by atoms with Crippen molar-refractivity contribution in [1.29, 1.82) is 0 Å². The second-order valence-corrected chi connectivity index (χ2v) is 7.37. The molecule has 0 heterocycles. The van der Waals surface area contributed by atoms with Crippen LogP contribution in [0.1, 0.15) is 57.6 Å². The van der Waals surface area contributed by atoms with E-state index in [1.54, 1.807) is 18.2 Å². The van der Waals surface area contributed by atoms with Crippen LogP contribution >= 0.6 is 0 Å². The van der Waals surface area contributed by atoms with Crippen molar-refractivity contribution in [2.24, 2.45) is 11.3 Å². The van der Waals surface area contributed by atoms with Gasteiger partial charge in [0.05, 0.1) is 7.11 Å². The monoisotopic (exact) mass is 258 g/mol. The molecule has 1 aromatic rings. The van der Waals surface area contributed by atoms with Gasteiger partial charge in [-0.1, -0.05) is 33.3 Å². The third-order valence-corrected chi connectivity index (χ3v) is 5.86. The lowest BCUT2D eigenvalue weighted by atomic mass is 9.50. The summed E-state index contributed by atoms with van der Waals surface area (Å²) in [5, 5.41) is 0. The van der Waals surface area contributed by atoms with Crippen LogP contribution in [-0.4, -0.2) is 7.11 Å². The summed E-state index contributed by atoms with van der Waals surface area (Å²) >= 11 is 0. The first-order valence-corrected chi connectivity index (χ1v) is 7.65. The maximum absolute atomic E-state index is 5.46. The standard InChI is InChI=1S/C18H26O/c1-17(2)10-5-11-18(3)15-12-14(19-4)8-6-13(15)7-9-16(17)18/h6,8,12,16H,5,7,9-11H2,1-4H3/t16-,18+/m1/s1. The first kappa shape index (κ1) is 13.0. The van der Waals surface area contributed by atoms with Gasteiger partial charge in [-0.05, 0) is 65.7 Å². The summed E-state index contributed by atoms with van der Waals surface area (Å²) in [6.07, 6.45) is 6.66. The van der Waals surface area contributed by atoms with Gasteiger partial charge in [-0.15, -0.1) is 0 Å². The summed E-state index contributed by atoms with van der Waals surface area (Å²) < 4.78 is 5.46. The second-order valence-electron chi connectivity index (χ2n) is 7.37.